The lowest BCUT2D eigenvalue weighted by Gasteiger charge is -2.19. The molecule has 2 atom stereocenters. The van der Waals surface area contributed by atoms with E-state index in [1.165, 1.54) is 11.1 Å². The maximum atomic E-state index is 5.76. The molecular formula is C17H22N2O. The number of hydrogen-bond acceptors (Lipinski definition) is 3. The van der Waals surface area contributed by atoms with Crippen molar-refractivity contribution < 1.29 is 4.74 Å². The summed E-state index contributed by atoms with van der Waals surface area (Å²) >= 11 is 0. The number of fused-ring (bicyclic) bond motifs is 1. The highest BCUT2D eigenvalue weighted by atomic mass is 16.5. The van der Waals surface area contributed by atoms with E-state index in [1.54, 1.807) is 0 Å². The van der Waals surface area contributed by atoms with Gasteiger partial charge in [0.2, 0.25) is 0 Å². The van der Waals surface area contributed by atoms with Crippen molar-refractivity contribution in [3.63, 3.8) is 0 Å². The number of nitrogens with one attached hydrogen (secondary N) is 1. The number of aromatic nitrogens is 1. The Hall–Kier alpha value is -1.61. The molecule has 3 rings (SSSR count). The second-order valence-electron chi connectivity index (χ2n) is 5.58. The van der Waals surface area contributed by atoms with Crippen molar-refractivity contribution in [3.05, 3.63) is 36.0 Å². The summed E-state index contributed by atoms with van der Waals surface area (Å²) in [6.07, 6.45) is 2.67. The van der Waals surface area contributed by atoms with Gasteiger partial charge in [0.05, 0.1) is 11.6 Å². The molecule has 1 aromatic carbocycles. The summed E-state index contributed by atoms with van der Waals surface area (Å²) in [5.74, 6) is 0.618. The first-order valence-corrected chi connectivity index (χ1v) is 7.50. The smallest absolute Gasteiger partial charge is 0.0725 e. The van der Waals surface area contributed by atoms with Crippen molar-refractivity contribution >= 4 is 16.6 Å². The molecule has 20 heavy (non-hydrogen) atoms. The summed E-state index contributed by atoms with van der Waals surface area (Å²) in [7, 11) is 0. The standard InChI is InChI=1S/C17H22N2O/c1-3-17-13(8-9-20-17)11-18-16-10-12(2)19-15-7-5-4-6-14(15)16/h4-7,10,13,17H,3,8-9,11H2,1-2H3,(H,18,19). The summed E-state index contributed by atoms with van der Waals surface area (Å²) in [5.41, 5.74) is 3.31. The number of rotatable bonds is 4. The van der Waals surface area contributed by atoms with Crippen LogP contribution in [-0.2, 0) is 4.74 Å². The van der Waals surface area contributed by atoms with E-state index in [1.807, 2.05) is 13.0 Å². The molecule has 2 unspecified atom stereocenters. The van der Waals surface area contributed by atoms with Crippen molar-refractivity contribution in [2.24, 2.45) is 5.92 Å². The van der Waals surface area contributed by atoms with E-state index in [0.29, 0.717) is 12.0 Å². The number of aryl methyl sites for hydroxylation is 1. The second-order valence-corrected chi connectivity index (χ2v) is 5.58. The zero-order chi connectivity index (χ0) is 13.9. The Bertz CT molecular complexity index is 597. The summed E-state index contributed by atoms with van der Waals surface area (Å²) in [5, 5.41) is 4.81. The Kier molecular flexibility index (Phi) is 3.88. The largest absolute Gasteiger partial charge is 0.384 e. The van der Waals surface area contributed by atoms with Gasteiger partial charge in [-0.05, 0) is 31.9 Å². The summed E-state index contributed by atoms with van der Waals surface area (Å²) in [6, 6.07) is 10.4. The SMILES string of the molecule is CCC1OCCC1CNc1cc(C)nc2ccccc12. The Morgan fingerprint density at radius 2 is 2.20 bits per heavy atom. The molecule has 0 radical (unpaired) electrons. The molecule has 0 amide bonds. The minimum absolute atomic E-state index is 0.414. The van der Waals surface area contributed by atoms with Gasteiger partial charge in [0, 0.05) is 35.8 Å². The number of para-hydroxylation sites is 1. The quantitative estimate of drug-likeness (QED) is 0.918. The van der Waals surface area contributed by atoms with E-state index >= 15 is 0 Å². The van der Waals surface area contributed by atoms with E-state index in [0.717, 1.165) is 37.2 Å². The van der Waals surface area contributed by atoms with E-state index in [-0.39, 0.29) is 0 Å². The molecule has 2 aromatic rings. The molecule has 1 N–H and O–H groups in total. The van der Waals surface area contributed by atoms with Gasteiger partial charge in [-0.25, -0.2) is 0 Å². The molecule has 2 heterocycles. The first kappa shape index (κ1) is 13.4. The van der Waals surface area contributed by atoms with Crippen LogP contribution in [-0.4, -0.2) is 24.2 Å². The molecule has 0 aliphatic carbocycles. The zero-order valence-electron chi connectivity index (χ0n) is 12.2. The topological polar surface area (TPSA) is 34.1 Å². The first-order chi connectivity index (χ1) is 9.78. The number of nitrogens with zero attached hydrogens (tertiary/aromatic N) is 1. The van der Waals surface area contributed by atoms with Gasteiger partial charge in [-0.15, -0.1) is 0 Å². The normalized spacial score (nSPS) is 22.3. The summed E-state index contributed by atoms with van der Waals surface area (Å²) in [4.78, 5) is 4.58. The highest BCUT2D eigenvalue weighted by molar-refractivity contribution is 5.91. The van der Waals surface area contributed by atoms with Gasteiger partial charge >= 0.3 is 0 Å². The fraction of sp³-hybridized carbons (Fsp3) is 0.471. The maximum Gasteiger partial charge on any atom is 0.0725 e. The number of pyridine rings is 1. The molecule has 0 spiro atoms. The van der Waals surface area contributed by atoms with Gasteiger partial charge in [-0.2, -0.15) is 0 Å². The van der Waals surface area contributed by atoms with Gasteiger partial charge in [-0.1, -0.05) is 25.1 Å². The second kappa shape index (κ2) is 5.80. The molecule has 1 saturated heterocycles. The van der Waals surface area contributed by atoms with Crippen LogP contribution in [0.2, 0.25) is 0 Å². The minimum Gasteiger partial charge on any atom is -0.384 e. The highest BCUT2D eigenvalue weighted by Gasteiger charge is 2.26. The van der Waals surface area contributed by atoms with Crippen LogP contribution in [0.4, 0.5) is 5.69 Å². The molecule has 1 aromatic heterocycles. The third-order valence-corrected chi connectivity index (χ3v) is 4.15. The molecule has 3 nitrogen and oxygen atoms in total. The van der Waals surface area contributed by atoms with Crippen molar-refractivity contribution in [1.29, 1.82) is 0 Å². The molecule has 0 bridgehead atoms. The predicted molar refractivity (Wildman–Crippen MR) is 83.1 cm³/mol. The van der Waals surface area contributed by atoms with Gasteiger partial charge in [0.15, 0.2) is 0 Å². The maximum absolute atomic E-state index is 5.76. The van der Waals surface area contributed by atoms with Crippen LogP contribution in [0.5, 0.6) is 0 Å². The van der Waals surface area contributed by atoms with Crippen LogP contribution in [0.15, 0.2) is 30.3 Å². The fourth-order valence-corrected chi connectivity index (χ4v) is 3.07. The Morgan fingerprint density at radius 1 is 1.35 bits per heavy atom. The lowest BCUT2D eigenvalue weighted by atomic mass is 9.99. The van der Waals surface area contributed by atoms with Crippen molar-refractivity contribution in [2.45, 2.75) is 32.8 Å². The Labute approximate surface area is 120 Å². The Balaban J connectivity index is 1.80. The van der Waals surface area contributed by atoms with Crippen molar-refractivity contribution in [2.75, 3.05) is 18.5 Å². The first-order valence-electron chi connectivity index (χ1n) is 7.50. The number of benzene rings is 1. The third-order valence-electron chi connectivity index (χ3n) is 4.15. The monoisotopic (exact) mass is 270 g/mol. The average molecular weight is 270 g/mol. The van der Waals surface area contributed by atoms with E-state index < -0.39 is 0 Å². The van der Waals surface area contributed by atoms with Gasteiger partial charge in [-0.3, -0.25) is 4.98 Å². The molecular weight excluding hydrogens is 248 g/mol. The molecule has 106 valence electrons. The zero-order valence-corrected chi connectivity index (χ0v) is 12.2. The molecule has 1 fully saturated rings. The molecule has 3 heteroatoms. The van der Waals surface area contributed by atoms with Gasteiger partial charge in [0.25, 0.3) is 0 Å². The van der Waals surface area contributed by atoms with E-state index in [4.69, 9.17) is 4.74 Å². The average Bonchev–Trinajstić information content (AvgIpc) is 2.92. The minimum atomic E-state index is 0.414. The summed E-state index contributed by atoms with van der Waals surface area (Å²) < 4.78 is 5.76. The van der Waals surface area contributed by atoms with Crippen LogP contribution >= 0.6 is 0 Å². The van der Waals surface area contributed by atoms with Crippen molar-refractivity contribution in [3.8, 4) is 0 Å². The number of hydrogen-bond donors (Lipinski definition) is 1. The highest BCUT2D eigenvalue weighted by Crippen LogP contribution is 2.27. The van der Waals surface area contributed by atoms with Crippen LogP contribution < -0.4 is 5.32 Å². The predicted octanol–water partition coefficient (Wildman–Crippen LogP) is 3.77. The lowest BCUT2D eigenvalue weighted by molar-refractivity contribution is 0.0900. The van der Waals surface area contributed by atoms with Crippen LogP contribution in [0, 0.1) is 12.8 Å². The van der Waals surface area contributed by atoms with Gasteiger partial charge < -0.3 is 10.1 Å². The van der Waals surface area contributed by atoms with E-state index in [9.17, 15) is 0 Å². The Morgan fingerprint density at radius 3 is 3.05 bits per heavy atom. The van der Waals surface area contributed by atoms with Crippen LogP contribution in [0.3, 0.4) is 0 Å². The van der Waals surface area contributed by atoms with Crippen LogP contribution in [0.25, 0.3) is 10.9 Å². The summed E-state index contributed by atoms with van der Waals surface area (Å²) in [6.45, 7) is 6.13. The molecule has 0 saturated carbocycles. The fourth-order valence-electron chi connectivity index (χ4n) is 3.07. The molecule has 1 aliphatic rings. The van der Waals surface area contributed by atoms with Crippen LogP contribution in [0.1, 0.15) is 25.5 Å². The number of anilines is 1. The third kappa shape index (κ3) is 2.63. The molecule has 1 aliphatic heterocycles. The van der Waals surface area contributed by atoms with Gasteiger partial charge in [0.1, 0.15) is 0 Å². The van der Waals surface area contributed by atoms with Crippen molar-refractivity contribution in [1.82, 2.24) is 4.98 Å². The number of ether oxygens (including phenoxy) is 1. The lowest BCUT2D eigenvalue weighted by Crippen LogP contribution is -2.22. The van der Waals surface area contributed by atoms with E-state index in [2.05, 4.69) is 41.5 Å².